The van der Waals surface area contributed by atoms with Crippen molar-refractivity contribution in [2.24, 2.45) is 0 Å². The van der Waals surface area contributed by atoms with Crippen molar-refractivity contribution in [2.75, 3.05) is 6.54 Å². The summed E-state index contributed by atoms with van der Waals surface area (Å²) < 4.78 is 11.2. The first-order valence-electron chi connectivity index (χ1n) is 7.10. The van der Waals surface area contributed by atoms with E-state index < -0.39 is 0 Å². The van der Waals surface area contributed by atoms with Gasteiger partial charge >= 0.3 is 0 Å². The molecular weight excluding hydrogens is 252 g/mol. The Morgan fingerprint density at radius 2 is 2.20 bits per heavy atom. The zero-order chi connectivity index (χ0) is 14.4. The standard InChI is InChI=1S/C16H22N2O2/c1-4-6-17-11-16-15(5-7-19-16)13-8-14(10-18-9-13)20-12(2)3/h5,7-10,12,17H,4,6,11H2,1-3H3. The second-order valence-corrected chi connectivity index (χ2v) is 5.01. The smallest absolute Gasteiger partial charge is 0.138 e. The quantitative estimate of drug-likeness (QED) is 0.783. The zero-order valence-electron chi connectivity index (χ0n) is 12.3. The van der Waals surface area contributed by atoms with Gasteiger partial charge in [-0.1, -0.05) is 6.92 Å². The highest BCUT2D eigenvalue weighted by Crippen LogP contribution is 2.27. The highest BCUT2D eigenvalue weighted by Gasteiger charge is 2.10. The predicted molar refractivity (Wildman–Crippen MR) is 79.7 cm³/mol. The van der Waals surface area contributed by atoms with Crippen LogP contribution in [0.4, 0.5) is 0 Å². The molecule has 1 N–H and O–H groups in total. The van der Waals surface area contributed by atoms with Gasteiger partial charge in [-0.3, -0.25) is 4.98 Å². The SMILES string of the molecule is CCCNCc1occc1-c1cncc(OC(C)C)c1. The number of hydrogen-bond donors (Lipinski definition) is 1. The summed E-state index contributed by atoms with van der Waals surface area (Å²) in [7, 11) is 0. The summed E-state index contributed by atoms with van der Waals surface area (Å²) >= 11 is 0. The minimum Gasteiger partial charge on any atom is -0.489 e. The van der Waals surface area contributed by atoms with Crippen molar-refractivity contribution in [3.63, 3.8) is 0 Å². The minimum absolute atomic E-state index is 0.141. The summed E-state index contributed by atoms with van der Waals surface area (Å²) in [5, 5.41) is 3.35. The van der Waals surface area contributed by atoms with E-state index in [9.17, 15) is 0 Å². The maximum absolute atomic E-state index is 5.68. The van der Waals surface area contributed by atoms with E-state index in [0.717, 1.165) is 42.1 Å². The maximum Gasteiger partial charge on any atom is 0.138 e. The van der Waals surface area contributed by atoms with Crippen molar-refractivity contribution in [3.05, 3.63) is 36.5 Å². The number of pyridine rings is 1. The molecule has 0 aliphatic carbocycles. The minimum atomic E-state index is 0.141. The molecule has 0 unspecified atom stereocenters. The molecule has 20 heavy (non-hydrogen) atoms. The largest absolute Gasteiger partial charge is 0.489 e. The van der Waals surface area contributed by atoms with Gasteiger partial charge in [-0.25, -0.2) is 0 Å². The van der Waals surface area contributed by atoms with Crippen LogP contribution >= 0.6 is 0 Å². The van der Waals surface area contributed by atoms with Crippen molar-refractivity contribution in [1.82, 2.24) is 10.3 Å². The lowest BCUT2D eigenvalue weighted by Gasteiger charge is -2.10. The summed E-state index contributed by atoms with van der Waals surface area (Å²) in [5.74, 6) is 1.72. The van der Waals surface area contributed by atoms with Crippen LogP contribution in [-0.2, 0) is 6.54 Å². The lowest BCUT2D eigenvalue weighted by Crippen LogP contribution is -2.13. The van der Waals surface area contributed by atoms with Gasteiger partial charge in [-0.05, 0) is 38.9 Å². The molecule has 0 saturated heterocycles. The number of furan rings is 1. The van der Waals surface area contributed by atoms with Crippen LogP contribution in [0, 0.1) is 0 Å². The first kappa shape index (κ1) is 14.6. The molecule has 0 amide bonds. The van der Waals surface area contributed by atoms with Crippen LogP contribution < -0.4 is 10.1 Å². The highest BCUT2D eigenvalue weighted by atomic mass is 16.5. The van der Waals surface area contributed by atoms with E-state index in [1.165, 1.54) is 0 Å². The molecule has 0 saturated carbocycles. The van der Waals surface area contributed by atoms with Crippen molar-refractivity contribution in [3.8, 4) is 16.9 Å². The van der Waals surface area contributed by atoms with Crippen molar-refractivity contribution < 1.29 is 9.15 Å². The fourth-order valence-corrected chi connectivity index (χ4v) is 2.02. The van der Waals surface area contributed by atoms with Gasteiger partial charge in [0.15, 0.2) is 0 Å². The van der Waals surface area contributed by atoms with Crippen LogP contribution in [-0.4, -0.2) is 17.6 Å². The number of nitrogens with one attached hydrogen (secondary N) is 1. The fourth-order valence-electron chi connectivity index (χ4n) is 2.02. The molecule has 2 rings (SSSR count). The highest BCUT2D eigenvalue weighted by molar-refractivity contribution is 5.65. The summed E-state index contributed by atoms with van der Waals surface area (Å²) in [6.07, 6.45) is 6.53. The van der Waals surface area contributed by atoms with Gasteiger partial charge in [-0.2, -0.15) is 0 Å². The van der Waals surface area contributed by atoms with Crippen molar-refractivity contribution in [2.45, 2.75) is 39.8 Å². The van der Waals surface area contributed by atoms with Crippen molar-refractivity contribution in [1.29, 1.82) is 0 Å². The maximum atomic E-state index is 5.68. The van der Waals surface area contributed by atoms with Crippen LogP contribution in [0.5, 0.6) is 5.75 Å². The Labute approximate surface area is 120 Å². The van der Waals surface area contributed by atoms with E-state index in [1.54, 1.807) is 12.5 Å². The fraction of sp³-hybridized carbons (Fsp3) is 0.438. The van der Waals surface area contributed by atoms with E-state index in [1.807, 2.05) is 32.2 Å². The third-order valence-corrected chi connectivity index (χ3v) is 2.85. The molecule has 108 valence electrons. The zero-order valence-corrected chi connectivity index (χ0v) is 12.3. The Balaban J connectivity index is 2.16. The summed E-state index contributed by atoms with van der Waals surface area (Å²) in [6, 6.07) is 3.97. The number of hydrogen-bond acceptors (Lipinski definition) is 4. The molecule has 0 bridgehead atoms. The molecule has 2 heterocycles. The molecule has 0 aliphatic rings. The van der Waals surface area contributed by atoms with Gasteiger partial charge in [-0.15, -0.1) is 0 Å². The van der Waals surface area contributed by atoms with E-state index in [4.69, 9.17) is 9.15 Å². The Bertz CT molecular complexity index is 535. The summed E-state index contributed by atoms with van der Waals surface area (Å²) in [5.41, 5.74) is 2.08. The predicted octanol–water partition coefficient (Wildman–Crippen LogP) is 3.63. The third kappa shape index (κ3) is 3.84. The van der Waals surface area contributed by atoms with E-state index in [-0.39, 0.29) is 6.10 Å². The second kappa shape index (κ2) is 7.10. The molecule has 0 aromatic carbocycles. The lowest BCUT2D eigenvalue weighted by atomic mass is 10.1. The molecule has 0 aliphatic heterocycles. The first-order chi connectivity index (χ1) is 9.70. The van der Waals surface area contributed by atoms with Gasteiger partial charge < -0.3 is 14.5 Å². The molecule has 0 spiro atoms. The monoisotopic (exact) mass is 274 g/mol. The average molecular weight is 274 g/mol. The van der Waals surface area contributed by atoms with Crippen LogP contribution in [0.15, 0.2) is 35.2 Å². The first-order valence-corrected chi connectivity index (χ1v) is 7.10. The topological polar surface area (TPSA) is 47.3 Å². The van der Waals surface area contributed by atoms with Crippen LogP contribution in [0.25, 0.3) is 11.1 Å². The second-order valence-electron chi connectivity index (χ2n) is 5.01. The Morgan fingerprint density at radius 3 is 2.95 bits per heavy atom. The molecule has 2 aromatic heterocycles. The Morgan fingerprint density at radius 1 is 1.35 bits per heavy atom. The normalized spacial score (nSPS) is 11.0. The Kier molecular flexibility index (Phi) is 5.18. The average Bonchev–Trinajstić information content (AvgIpc) is 2.87. The molecule has 0 atom stereocenters. The van der Waals surface area contributed by atoms with Crippen LogP contribution in [0.2, 0.25) is 0 Å². The lowest BCUT2D eigenvalue weighted by molar-refractivity contribution is 0.241. The number of nitrogens with zero attached hydrogens (tertiary/aromatic N) is 1. The van der Waals surface area contributed by atoms with E-state index in [0.29, 0.717) is 0 Å². The number of rotatable bonds is 7. The van der Waals surface area contributed by atoms with E-state index in [2.05, 4.69) is 17.2 Å². The Hall–Kier alpha value is -1.81. The molecule has 4 heteroatoms. The molecule has 0 radical (unpaired) electrons. The van der Waals surface area contributed by atoms with Gasteiger partial charge in [0.1, 0.15) is 11.5 Å². The molecule has 0 fully saturated rings. The van der Waals surface area contributed by atoms with Gasteiger partial charge in [0.05, 0.1) is 25.1 Å². The van der Waals surface area contributed by atoms with Gasteiger partial charge in [0, 0.05) is 17.3 Å². The van der Waals surface area contributed by atoms with Gasteiger partial charge in [0.25, 0.3) is 0 Å². The number of aromatic nitrogens is 1. The summed E-state index contributed by atoms with van der Waals surface area (Å²) in [6.45, 7) is 7.86. The number of ether oxygens (including phenoxy) is 1. The molecule has 4 nitrogen and oxygen atoms in total. The van der Waals surface area contributed by atoms with Crippen LogP contribution in [0.3, 0.4) is 0 Å². The molecule has 2 aromatic rings. The third-order valence-electron chi connectivity index (χ3n) is 2.85. The van der Waals surface area contributed by atoms with E-state index >= 15 is 0 Å². The van der Waals surface area contributed by atoms with Gasteiger partial charge in [0.2, 0.25) is 0 Å². The molecular formula is C16H22N2O2. The summed E-state index contributed by atoms with van der Waals surface area (Å²) in [4.78, 5) is 4.24. The van der Waals surface area contributed by atoms with Crippen molar-refractivity contribution >= 4 is 0 Å². The van der Waals surface area contributed by atoms with Crippen LogP contribution in [0.1, 0.15) is 33.0 Å².